The van der Waals surface area contributed by atoms with Gasteiger partial charge >= 0.3 is 59.1 Å². The van der Waals surface area contributed by atoms with E-state index in [9.17, 15) is 19.8 Å². The Balaban J connectivity index is -0.000000367. The molecule has 0 heterocycles. The van der Waals surface area contributed by atoms with Crippen molar-refractivity contribution in [2.45, 2.75) is 194 Å². The summed E-state index contributed by atoms with van der Waals surface area (Å²) in [5.74, 6) is -2.15. The van der Waals surface area contributed by atoms with Crippen LogP contribution in [0.2, 0.25) is 0 Å². The zero-order valence-corrected chi connectivity index (χ0v) is 36.1. The third-order valence-electron chi connectivity index (χ3n) is 7.59. The molecule has 0 aromatic heterocycles. The predicted octanol–water partition coefficient (Wildman–Crippen LogP) is 3.13. The van der Waals surface area contributed by atoms with Gasteiger partial charge in [0.1, 0.15) is 0 Å². The van der Waals surface area contributed by atoms with E-state index in [1.165, 1.54) is 141 Å². The molecule has 0 rings (SSSR count). The average Bonchev–Trinajstić information content (AvgIpc) is 3.00. The van der Waals surface area contributed by atoms with Crippen LogP contribution in [0, 0.1) is 0 Å². The quantitative estimate of drug-likeness (QED) is 0.0599. The molecule has 0 bridgehead atoms. The molecule has 46 heavy (non-hydrogen) atoms. The Bertz CT molecular complexity index is 627. The summed E-state index contributed by atoms with van der Waals surface area (Å²) in [5.41, 5.74) is 0. The number of ether oxygens (including phenoxy) is 2. The maximum absolute atomic E-state index is 10.3. The van der Waals surface area contributed by atoms with E-state index in [0.29, 0.717) is 23.3 Å². The zero-order valence-electron chi connectivity index (χ0n) is 30.5. The summed E-state index contributed by atoms with van der Waals surface area (Å²) >= 11 is 9.89. The fraction of sp³-hybridized carbons (Fsp3) is 0.889. The van der Waals surface area contributed by atoms with E-state index in [2.05, 4.69) is 13.8 Å². The molecule has 0 radical (unpaired) electrons. The number of carboxylic acids is 2. The third-order valence-corrected chi connectivity index (χ3v) is 8.23. The Hall–Kier alpha value is 0.720. The van der Waals surface area contributed by atoms with Gasteiger partial charge in [0.2, 0.25) is 0 Å². The van der Waals surface area contributed by atoms with Gasteiger partial charge in [0, 0.05) is 24.8 Å². The Labute approximate surface area is 338 Å². The van der Waals surface area contributed by atoms with Gasteiger partial charge < -0.3 is 29.3 Å². The average molecular weight is 705 g/mol. The van der Waals surface area contributed by atoms with Crippen LogP contribution in [0.3, 0.4) is 0 Å². The second kappa shape index (κ2) is 45.7. The molecule has 0 atom stereocenters. The van der Waals surface area contributed by atoms with Crippen LogP contribution in [0.5, 0.6) is 0 Å². The number of unbranched alkanes of at least 4 members (excludes halogenated alkanes) is 22. The number of carboxylic acid groups (broad SMARTS) is 2. The maximum Gasteiger partial charge on any atom is 1.00 e. The molecule has 0 aliphatic heterocycles. The molecule has 0 unspecified atom stereocenters. The van der Waals surface area contributed by atoms with Crippen LogP contribution >= 0.6 is 24.4 Å². The molecule has 0 N–H and O–H groups in total. The van der Waals surface area contributed by atoms with Crippen molar-refractivity contribution in [3.05, 3.63) is 0 Å². The van der Waals surface area contributed by atoms with E-state index >= 15 is 0 Å². The number of rotatable bonds is 32. The summed E-state index contributed by atoms with van der Waals surface area (Å²) in [6, 6.07) is 0. The molecule has 10 heteroatoms. The molecule has 6 nitrogen and oxygen atoms in total. The standard InChI is InChI=1S/2C18H34O3S.2Na/c2*1-2-3-4-5-6-7-8-9-10-11-12-13-16-21-18(22)15-14-17(19)20;;/h2*2-16H2,1H3,(H,19,20);;/q;;2*+1/p-2. The molecule has 0 fully saturated rings. The van der Waals surface area contributed by atoms with Crippen LogP contribution in [-0.2, 0) is 19.1 Å². The van der Waals surface area contributed by atoms with E-state index in [-0.39, 0.29) is 84.8 Å². The number of carbonyl (C=O) groups excluding carboxylic acids is 2. The number of hydrogen-bond donors (Lipinski definition) is 0. The minimum absolute atomic E-state index is 0. The van der Waals surface area contributed by atoms with Crippen molar-refractivity contribution >= 4 is 46.5 Å². The zero-order chi connectivity index (χ0) is 32.9. The van der Waals surface area contributed by atoms with Gasteiger partial charge in [-0.3, -0.25) is 0 Å². The van der Waals surface area contributed by atoms with Crippen molar-refractivity contribution in [1.29, 1.82) is 0 Å². The molecule has 260 valence electrons. The number of aliphatic carboxylic acids is 2. The molecule has 0 aliphatic rings. The van der Waals surface area contributed by atoms with Gasteiger partial charge in [-0.2, -0.15) is 0 Å². The number of carbonyl (C=O) groups is 2. The minimum Gasteiger partial charge on any atom is -0.550 e. The van der Waals surface area contributed by atoms with Crippen molar-refractivity contribution in [1.82, 2.24) is 0 Å². The van der Waals surface area contributed by atoms with Gasteiger partial charge in [-0.25, -0.2) is 0 Å². The Morgan fingerprint density at radius 3 is 0.848 bits per heavy atom. The molecule has 0 saturated heterocycles. The molecular weight excluding hydrogens is 639 g/mol. The second-order valence-electron chi connectivity index (χ2n) is 12.0. The first-order chi connectivity index (χ1) is 21.3. The van der Waals surface area contributed by atoms with Crippen molar-refractivity contribution in [3.63, 3.8) is 0 Å². The summed E-state index contributed by atoms with van der Waals surface area (Å²) in [6.45, 7) is 5.74. The van der Waals surface area contributed by atoms with Crippen molar-refractivity contribution in [3.8, 4) is 0 Å². The predicted molar refractivity (Wildman–Crippen MR) is 188 cm³/mol. The summed E-state index contributed by atoms with van der Waals surface area (Å²) < 4.78 is 10.6. The van der Waals surface area contributed by atoms with Gasteiger partial charge in [-0.05, 0) is 50.1 Å². The topological polar surface area (TPSA) is 98.7 Å². The normalized spacial score (nSPS) is 10.1. The van der Waals surface area contributed by atoms with E-state index < -0.39 is 11.9 Å². The maximum atomic E-state index is 10.3. The Morgan fingerprint density at radius 1 is 0.413 bits per heavy atom. The SMILES string of the molecule is CCCCCCCCCCCCCCOC(=S)CCC(=O)[O-].CCCCCCCCCCCCCCOC(=S)CCC(=O)[O-].[Na+].[Na+]. The molecule has 0 saturated carbocycles. The molecule has 0 aromatic carbocycles. The molecular formula is C36H66Na2O6S2. The summed E-state index contributed by atoms with van der Waals surface area (Å²) in [6.07, 6.45) is 32.0. The Morgan fingerprint density at radius 2 is 0.630 bits per heavy atom. The number of hydrogen-bond acceptors (Lipinski definition) is 8. The first-order valence-corrected chi connectivity index (χ1v) is 18.9. The van der Waals surface area contributed by atoms with Crippen LogP contribution in [0.1, 0.15) is 194 Å². The fourth-order valence-electron chi connectivity index (χ4n) is 4.81. The van der Waals surface area contributed by atoms with Crippen molar-refractivity contribution in [2.24, 2.45) is 0 Å². The second-order valence-corrected chi connectivity index (χ2v) is 12.9. The number of thiocarbonyl (C=S) groups is 2. The van der Waals surface area contributed by atoms with Gasteiger partial charge in [0.05, 0.1) is 13.2 Å². The fourth-order valence-corrected chi connectivity index (χ4v) is 5.18. The summed E-state index contributed by atoms with van der Waals surface area (Å²) in [7, 11) is 0. The molecule has 0 aliphatic carbocycles. The summed E-state index contributed by atoms with van der Waals surface area (Å²) in [4.78, 5) is 20.5. The van der Waals surface area contributed by atoms with Crippen LogP contribution in [0.4, 0.5) is 0 Å². The monoisotopic (exact) mass is 704 g/mol. The van der Waals surface area contributed by atoms with Gasteiger partial charge in [0.15, 0.2) is 10.1 Å². The van der Waals surface area contributed by atoms with Gasteiger partial charge in [-0.15, -0.1) is 0 Å². The smallest absolute Gasteiger partial charge is 0.550 e. The minimum atomic E-state index is -1.07. The van der Waals surface area contributed by atoms with Crippen LogP contribution < -0.4 is 69.3 Å². The van der Waals surface area contributed by atoms with E-state index in [1.54, 1.807) is 0 Å². The van der Waals surface area contributed by atoms with Crippen LogP contribution in [0.25, 0.3) is 0 Å². The largest absolute Gasteiger partial charge is 1.00 e. The van der Waals surface area contributed by atoms with E-state index in [1.807, 2.05) is 0 Å². The van der Waals surface area contributed by atoms with Crippen LogP contribution in [0.15, 0.2) is 0 Å². The third kappa shape index (κ3) is 51.6. The van der Waals surface area contributed by atoms with Gasteiger partial charge in [0.25, 0.3) is 0 Å². The van der Waals surface area contributed by atoms with E-state index in [4.69, 9.17) is 33.9 Å². The van der Waals surface area contributed by atoms with E-state index in [0.717, 1.165) is 12.8 Å². The molecule has 0 amide bonds. The van der Waals surface area contributed by atoms with Crippen LogP contribution in [-0.4, -0.2) is 35.3 Å². The molecule has 0 aromatic rings. The Kier molecular flexibility index (Phi) is 53.2. The van der Waals surface area contributed by atoms with Crippen molar-refractivity contribution < 1.29 is 88.4 Å². The summed E-state index contributed by atoms with van der Waals surface area (Å²) in [5, 5.41) is 21.3. The van der Waals surface area contributed by atoms with Gasteiger partial charge in [-0.1, -0.05) is 155 Å². The first kappa shape index (κ1) is 53.5. The molecule has 0 spiro atoms. The van der Waals surface area contributed by atoms with Crippen molar-refractivity contribution in [2.75, 3.05) is 13.2 Å². The first-order valence-electron chi connectivity index (χ1n) is 18.0.